The van der Waals surface area contributed by atoms with Crippen LogP contribution >= 0.6 is 36.4 Å². The predicted octanol–water partition coefficient (Wildman–Crippen LogP) is 4.11. The average molecular weight is 405 g/mol. The fourth-order valence-electron chi connectivity index (χ4n) is 2.48. The lowest BCUT2D eigenvalue weighted by molar-refractivity contribution is 0.0697. The molecule has 1 aliphatic rings. The summed E-state index contributed by atoms with van der Waals surface area (Å²) in [7, 11) is 1.98. The highest BCUT2D eigenvalue weighted by molar-refractivity contribution is 6.32. The minimum absolute atomic E-state index is 0. The molecule has 3 N–H and O–H groups in total. The lowest BCUT2D eigenvalue weighted by atomic mass is 10.1. The number of aromatic carboxylic acids is 1. The van der Waals surface area contributed by atoms with Gasteiger partial charge in [0.15, 0.2) is 0 Å². The summed E-state index contributed by atoms with van der Waals surface area (Å²) >= 11 is 6.20. The van der Waals surface area contributed by atoms with Gasteiger partial charge in [0.2, 0.25) is 0 Å². The molecule has 0 atom stereocenters. The number of aromatic nitrogens is 1. The molecule has 136 valence electrons. The van der Waals surface area contributed by atoms with Gasteiger partial charge >= 0.3 is 5.97 Å². The molecule has 5 nitrogen and oxygen atoms in total. The summed E-state index contributed by atoms with van der Waals surface area (Å²) in [6.07, 6.45) is 4.05. The molecule has 1 fully saturated rings. The van der Waals surface area contributed by atoms with Crippen LogP contribution in [0.15, 0.2) is 36.5 Å². The third kappa shape index (κ3) is 4.98. The number of anilines is 1. The second-order valence-corrected chi connectivity index (χ2v) is 6.19. The summed E-state index contributed by atoms with van der Waals surface area (Å²) in [6, 6.07) is 8.55. The fourth-order valence-corrected chi connectivity index (χ4v) is 2.69. The molecule has 25 heavy (non-hydrogen) atoms. The first kappa shape index (κ1) is 21.5. The summed E-state index contributed by atoms with van der Waals surface area (Å²) in [5.41, 5.74) is 2.96. The van der Waals surface area contributed by atoms with Crippen molar-refractivity contribution in [2.24, 2.45) is 0 Å². The Morgan fingerprint density at radius 1 is 1.28 bits per heavy atom. The molecular weight excluding hydrogens is 385 g/mol. The molecule has 0 bridgehead atoms. The third-order valence-corrected chi connectivity index (χ3v) is 4.60. The standard InChI is InChI=1S/C17H18ClN3O2.2ClH/c1-19-17(6-7-17)10-21-13-8-14(15(18)20-9-13)11-2-4-12(5-3-11)16(22)23;;/h2-5,8-9,19,21H,6-7,10H2,1H3,(H,22,23);2*1H. The zero-order chi connectivity index (χ0) is 16.4. The molecule has 1 aliphatic carbocycles. The number of rotatable bonds is 6. The average Bonchev–Trinajstić information content (AvgIpc) is 3.35. The first-order chi connectivity index (χ1) is 11.0. The van der Waals surface area contributed by atoms with Crippen LogP contribution in [0.4, 0.5) is 5.69 Å². The van der Waals surface area contributed by atoms with E-state index in [2.05, 4.69) is 15.6 Å². The van der Waals surface area contributed by atoms with Gasteiger partial charge in [-0.3, -0.25) is 0 Å². The zero-order valence-corrected chi connectivity index (χ0v) is 16.0. The second kappa shape index (κ2) is 8.72. The van der Waals surface area contributed by atoms with E-state index in [1.54, 1.807) is 30.5 Å². The summed E-state index contributed by atoms with van der Waals surface area (Å²) < 4.78 is 0. The number of halogens is 3. The highest BCUT2D eigenvalue weighted by atomic mass is 35.5. The molecule has 2 aromatic rings. The van der Waals surface area contributed by atoms with Crippen molar-refractivity contribution in [1.82, 2.24) is 10.3 Å². The molecule has 3 rings (SSSR count). The van der Waals surface area contributed by atoms with Crippen LogP contribution in [0.2, 0.25) is 5.15 Å². The Bertz CT molecular complexity index is 734. The molecule has 1 saturated carbocycles. The van der Waals surface area contributed by atoms with Crippen molar-refractivity contribution in [1.29, 1.82) is 0 Å². The van der Waals surface area contributed by atoms with E-state index in [1.807, 2.05) is 13.1 Å². The van der Waals surface area contributed by atoms with E-state index in [4.69, 9.17) is 16.7 Å². The molecule has 0 amide bonds. The van der Waals surface area contributed by atoms with Crippen molar-refractivity contribution in [2.45, 2.75) is 18.4 Å². The van der Waals surface area contributed by atoms with Crippen molar-refractivity contribution >= 4 is 48.1 Å². The number of nitrogens with zero attached hydrogens (tertiary/aromatic N) is 1. The van der Waals surface area contributed by atoms with Crippen molar-refractivity contribution < 1.29 is 9.90 Å². The lowest BCUT2D eigenvalue weighted by Crippen LogP contribution is -2.34. The second-order valence-electron chi connectivity index (χ2n) is 5.83. The summed E-state index contributed by atoms with van der Waals surface area (Å²) in [5.74, 6) is -0.946. The Balaban J connectivity index is 0.00000156. The van der Waals surface area contributed by atoms with Gasteiger partial charge in [-0.05, 0) is 43.7 Å². The Morgan fingerprint density at radius 3 is 2.44 bits per heavy atom. The quantitative estimate of drug-likeness (QED) is 0.632. The SMILES string of the molecule is CNC1(CNc2cnc(Cl)c(-c3ccc(C(=O)O)cc3)c2)CC1.Cl.Cl. The maximum Gasteiger partial charge on any atom is 0.335 e. The molecule has 1 aromatic heterocycles. The van der Waals surface area contributed by atoms with Gasteiger partial charge in [-0.1, -0.05) is 23.7 Å². The fraction of sp³-hybridized carbons (Fsp3) is 0.294. The Labute approximate surface area is 164 Å². The van der Waals surface area contributed by atoms with E-state index in [0.29, 0.717) is 5.15 Å². The van der Waals surface area contributed by atoms with Crippen molar-refractivity contribution in [3.63, 3.8) is 0 Å². The maximum atomic E-state index is 10.9. The minimum Gasteiger partial charge on any atom is -0.478 e. The first-order valence-corrected chi connectivity index (χ1v) is 7.83. The van der Waals surface area contributed by atoms with Crippen LogP contribution in [0.3, 0.4) is 0 Å². The van der Waals surface area contributed by atoms with Gasteiger partial charge in [-0.25, -0.2) is 9.78 Å². The van der Waals surface area contributed by atoms with E-state index in [1.165, 1.54) is 12.8 Å². The molecule has 0 spiro atoms. The van der Waals surface area contributed by atoms with Crippen LogP contribution in [0.1, 0.15) is 23.2 Å². The van der Waals surface area contributed by atoms with E-state index < -0.39 is 5.97 Å². The van der Waals surface area contributed by atoms with E-state index >= 15 is 0 Å². The number of hydrogen-bond acceptors (Lipinski definition) is 4. The Morgan fingerprint density at radius 2 is 1.92 bits per heavy atom. The molecule has 0 unspecified atom stereocenters. The van der Waals surface area contributed by atoms with Crippen molar-refractivity contribution in [2.75, 3.05) is 18.9 Å². The van der Waals surface area contributed by atoms with E-state index in [-0.39, 0.29) is 35.9 Å². The molecular formula is C17H20Cl3N3O2. The van der Waals surface area contributed by atoms with Gasteiger partial charge in [0.05, 0.1) is 17.4 Å². The van der Waals surface area contributed by atoms with Gasteiger partial charge in [-0.2, -0.15) is 0 Å². The van der Waals surface area contributed by atoms with Crippen LogP contribution < -0.4 is 10.6 Å². The van der Waals surface area contributed by atoms with Crippen LogP contribution in [0.5, 0.6) is 0 Å². The number of benzene rings is 1. The Kier molecular flexibility index (Phi) is 7.50. The van der Waals surface area contributed by atoms with Crippen molar-refractivity contribution in [3.8, 4) is 11.1 Å². The smallest absolute Gasteiger partial charge is 0.335 e. The minimum atomic E-state index is -0.946. The van der Waals surface area contributed by atoms with Crippen molar-refractivity contribution in [3.05, 3.63) is 47.2 Å². The highest BCUT2D eigenvalue weighted by Gasteiger charge is 2.40. The van der Waals surface area contributed by atoms with Crippen LogP contribution in [0, 0.1) is 0 Å². The number of likely N-dealkylation sites (N-methyl/N-ethyl adjacent to an activating group) is 1. The van der Waals surface area contributed by atoms with E-state index in [9.17, 15) is 4.79 Å². The van der Waals surface area contributed by atoms with Crippen LogP contribution in [-0.4, -0.2) is 35.2 Å². The summed E-state index contributed by atoms with van der Waals surface area (Å²) in [5, 5.41) is 16.1. The predicted molar refractivity (Wildman–Crippen MR) is 106 cm³/mol. The number of nitrogens with one attached hydrogen (secondary N) is 2. The molecule has 0 aliphatic heterocycles. The molecule has 8 heteroatoms. The zero-order valence-electron chi connectivity index (χ0n) is 13.6. The number of hydrogen-bond donors (Lipinski definition) is 3. The van der Waals surface area contributed by atoms with Gasteiger partial charge in [0, 0.05) is 17.6 Å². The summed E-state index contributed by atoms with van der Waals surface area (Å²) in [4.78, 5) is 15.2. The van der Waals surface area contributed by atoms with Gasteiger partial charge in [-0.15, -0.1) is 24.8 Å². The normalized spacial score (nSPS) is 14.0. The van der Waals surface area contributed by atoms with E-state index in [0.717, 1.165) is 23.4 Å². The monoisotopic (exact) mass is 403 g/mol. The number of carboxylic acids is 1. The maximum absolute atomic E-state index is 10.9. The third-order valence-electron chi connectivity index (χ3n) is 4.30. The summed E-state index contributed by atoms with van der Waals surface area (Å²) in [6.45, 7) is 0.838. The highest BCUT2D eigenvalue weighted by Crippen LogP contribution is 2.35. The van der Waals surface area contributed by atoms with Gasteiger partial charge in [0.1, 0.15) is 5.15 Å². The Hall–Kier alpha value is -1.53. The van der Waals surface area contributed by atoms with Crippen LogP contribution in [0.25, 0.3) is 11.1 Å². The van der Waals surface area contributed by atoms with Crippen LogP contribution in [-0.2, 0) is 0 Å². The number of carbonyl (C=O) groups is 1. The lowest BCUT2D eigenvalue weighted by Gasteiger charge is -2.16. The largest absolute Gasteiger partial charge is 0.478 e. The molecule has 1 heterocycles. The topological polar surface area (TPSA) is 74.2 Å². The molecule has 1 aromatic carbocycles. The number of pyridine rings is 1. The van der Waals surface area contributed by atoms with Gasteiger partial charge in [0.25, 0.3) is 0 Å². The molecule has 0 radical (unpaired) electrons. The van der Waals surface area contributed by atoms with Gasteiger partial charge < -0.3 is 15.7 Å². The molecule has 0 saturated heterocycles. The first-order valence-electron chi connectivity index (χ1n) is 7.45. The number of carboxylic acid groups (broad SMARTS) is 1.